The van der Waals surface area contributed by atoms with Crippen LogP contribution in [0.3, 0.4) is 0 Å². The summed E-state index contributed by atoms with van der Waals surface area (Å²) in [6.07, 6.45) is 3.52. The van der Waals surface area contributed by atoms with Gasteiger partial charge in [0.25, 0.3) is 0 Å². The fourth-order valence-electron chi connectivity index (χ4n) is 1.77. The van der Waals surface area contributed by atoms with E-state index in [-0.39, 0.29) is 0 Å². The molecule has 0 radical (unpaired) electrons. The number of hydrogen-bond donors (Lipinski definition) is 0. The first-order chi connectivity index (χ1) is 5.79. The third-order valence-electron chi connectivity index (χ3n) is 2.87. The van der Waals surface area contributed by atoms with Crippen molar-refractivity contribution in [3.63, 3.8) is 0 Å². The average molecular weight is 185 g/mol. The Labute approximate surface area is 77.7 Å². The standard InChI is InChI=1S/C9H15NOS/c1-7-10(5-6-12-7)9(11)8-3-2-4-8/h7-8H,2-6H2,1H3. The Bertz CT molecular complexity index is 191. The molecule has 1 saturated carbocycles. The minimum Gasteiger partial charge on any atom is -0.330 e. The van der Waals surface area contributed by atoms with E-state index in [1.807, 2.05) is 11.8 Å². The van der Waals surface area contributed by atoms with Gasteiger partial charge >= 0.3 is 0 Å². The van der Waals surface area contributed by atoms with Crippen molar-refractivity contribution in [2.75, 3.05) is 12.3 Å². The molecule has 3 heteroatoms. The highest BCUT2D eigenvalue weighted by atomic mass is 32.2. The summed E-state index contributed by atoms with van der Waals surface area (Å²) in [4.78, 5) is 13.8. The average Bonchev–Trinajstić information content (AvgIpc) is 2.31. The number of rotatable bonds is 1. The highest BCUT2D eigenvalue weighted by Gasteiger charge is 2.33. The summed E-state index contributed by atoms with van der Waals surface area (Å²) < 4.78 is 0. The predicted molar refractivity (Wildman–Crippen MR) is 51.0 cm³/mol. The third kappa shape index (κ3) is 1.35. The maximum absolute atomic E-state index is 11.8. The number of carbonyl (C=O) groups excluding carboxylic acids is 1. The Morgan fingerprint density at radius 3 is 2.67 bits per heavy atom. The second-order valence-corrected chi connectivity index (χ2v) is 5.05. The van der Waals surface area contributed by atoms with E-state index >= 15 is 0 Å². The van der Waals surface area contributed by atoms with E-state index < -0.39 is 0 Å². The zero-order valence-corrected chi connectivity index (χ0v) is 8.27. The van der Waals surface area contributed by atoms with Crippen molar-refractivity contribution in [3.8, 4) is 0 Å². The molecule has 0 aromatic rings. The van der Waals surface area contributed by atoms with Gasteiger partial charge in [-0.3, -0.25) is 4.79 Å². The quantitative estimate of drug-likeness (QED) is 0.620. The number of nitrogens with zero attached hydrogens (tertiary/aromatic N) is 1. The molecule has 0 aromatic carbocycles. The minimum atomic E-state index is 0.381. The van der Waals surface area contributed by atoms with Crippen molar-refractivity contribution >= 4 is 17.7 Å². The van der Waals surface area contributed by atoms with Crippen molar-refractivity contribution in [2.45, 2.75) is 31.6 Å². The molecule has 0 aromatic heterocycles. The molecule has 1 atom stereocenters. The smallest absolute Gasteiger partial charge is 0.226 e. The molecule has 1 saturated heterocycles. The number of thioether (sulfide) groups is 1. The van der Waals surface area contributed by atoms with E-state index in [1.54, 1.807) is 0 Å². The highest BCUT2D eigenvalue weighted by Crippen LogP contribution is 2.32. The van der Waals surface area contributed by atoms with Crippen LogP contribution >= 0.6 is 11.8 Å². The van der Waals surface area contributed by atoms with Crippen molar-refractivity contribution in [1.29, 1.82) is 0 Å². The van der Waals surface area contributed by atoms with Crippen LogP contribution in [0.4, 0.5) is 0 Å². The Kier molecular flexibility index (Phi) is 2.31. The van der Waals surface area contributed by atoms with Crippen LogP contribution in [0.1, 0.15) is 26.2 Å². The summed E-state index contributed by atoms with van der Waals surface area (Å²) >= 11 is 1.89. The SMILES string of the molecule is CC1SCCN1C(=O)C1CCC1. The summed E-state index contributed by atoms with van der Waals surface area (Å²) in [5.41, 5.74) is 0. The molecule has 2 aliphatic rings. The van der Waals surface area contributed by atoms with Gasteiger partial charge in [-0.2, -0.15) is 0 Å². The van der Waals surface area contributed by atoms with Crippen LogP contribution < -0.4 is 0 Å². The Morgan fingerprint density at radius 1 is 1.50 bits per heavy atom. The van der Waals surface area contributed by atoms with Gasteiger partial charge in [-0.15, -0.1) is 11.8 Å². The van der Waals surface area contributed by atoms with Crippen LogP contribution in [0.2, 0.25) is 0 Å². The lowest BCUT2D eigenvalue weighted by Crippen LogP contribution is -2.40. The molecule has 0 N–H and O–H groups in total. The van der Waals surface area contributed by atoms with Gasteiger partial charge in [0, 0.05) is 18.2 Å². The summed E-state index contributed by atoms with van der Waals surface area (Å²) in [6.45, 7) is 3.11. The van der Waals surface area contributed by atoms with Crippen LogP contribution in [0.25, 0.3) is 0 Å². The zero-order chi connectivity index (χ0) is 8.55. The number of carbonyl (C=O) groups is 1. The van der Waals surface area contributed by atoms with Crippen molar-refractivity contribution in [1.82, 2.24) is 4.90 Å². The topological polar surface area (TPSA) is 20.3 Å². The van der Waals surface area contributed by atoms with E-state index in [1.165, 1.54) is 6.42 Å². The maximum Gasteiger partial charge on any atom is 0.226 e. The van der Waals surface area contributed by atoms with Gasteiger partial charge in [0.15, 0.2) is 0 Å². The summed E-state index contributed by atoms with van der Waals surface area (Å²) in [7, 11) is 0. The van der Waals surface area contributed by atoms with Crippen LogP contribution in [0, 0.1) is 5.92 Å². The molecule has 12 heavy (non-hydrogen) atoms. The third-order valence-corrected chi connectivity index (χ3v) is 4.02. The predicted octanol–water partition coefficient (Wildman–Crippen LogP) is 1.71. The molecule has 0 spiro atoms. The lowest BCUT2D eigenvalue weighted by Gasteiger charge is -2.30. The highest BCUT2D eigenvalue weighted by molar-refractivity contribution is 8.00. The Morgan fingerprint density at radius 2 is 2.25 bits per heavy atom. The number of hydrogen-bond acceptors (Lipinski definition) is 2. The molecular formula is C9H15NOS. The van der Waals surface area contributed by atoms with Gasteiger partial charge in [-0.25, -0.2) is 0 Å². The van der Waals surface area contributed by atoms with E-state index in [4.69, 9.17) is 0 Å². The van der Waals surface area contributed by atoms with Gasteiger partial charge in [0.2, 0.25) is 5.91 Å². The van der Waals surface area contributed by atoms with Gasteiger partial charge in [0.1, 0.15) is 0 Å². The largest absolute Gasteiger partial charge is 0.330 e. The van der Waals surface area contributed by atoms with Gasteiger partial charge in [-0.1, -0.05) is 6.42 Å². The first-order valence-corrected chi connectivity index (χ1v) is 5.76. The molecule has 1 aliphatic heterocycles. The molecule has 1 unspecified atom stereocenters. The monoisotopic (exact) mass is 185 g/mol. The van der Waals surface area contributed by atoms with Crippen molar-refractivity contribution < 1.29 is 4.79 Å². The van der Waals surface area contributed by atoms with E-state index in [2.05, 4.69) is 11.8 Å². The molecule has 1 amide bonds. The lowest BCUT2D eigenvalue weighted by atomic mass is 9.84. The zero-order valence-electron chi connectivity index (χ0n) is 7.45. The summed E-state index contributed by atoms with van der Waals surface area (Å²) in [5, 5.41) is 0.429. The summed E-state index contributed by atoms with van der Waals surface area (Å²) in [6, 6.07) is 0. The van der Waals surface area contributed by atoms with Crippen molar-refractivity contribution in [3.05, 3.63) is 0 Å². The lowest BCUT2D eigenvalue weighted by molar-refractivity contribution is -0.137. The van der Waals surface area contributed by atoms with E-state index in [0.29, 0.717) is 17.2 Å². The molecule has 68 valence electrons. The second kappa shape index (κ2) is 3.29. The molecule has 1 aliphatic carbocycles. The van der Waals surface area contributed by atoms with Crippen molar-refractivity contribution in [2.24, 2.45) is 5.92 Å². The van der Waals surface area contributed by atoms with E-state index in [0.717, 1.165) is 25.1 Å². The van der Waals surface area contributed by atoms with Gasteiger partial charge in [-0.05, 0) is 19.8 Å². The first-order valence-electron chi connectivity index (χ1n) is 4.71. The molecular weight excluding hydrogens is 170 g/mol. The second-order valence-electron chi connectivity index (χ2n) is 3.63. The van der Waals surface area contributed by atoms with E-state index in [9.17, 15) is 4.79 Å². The Balaban J connectivity index is 1.93. The molecule has 1 heterocycles. The van der Waals surface area contributed by atoms with Crippen LogP contribution in [0.15, 0.2) is 0 Å². The molecule has 2 rings (SSSR count). The number of amides is 1. The molecule has 0 bridgehead atoms. The fraction of sp³-hybridized carbons (Fsp3) is 0.889. The maximum atomic E-state index is 11.8. The normalized spacial score (nSPS) is 30.4. The fourth-order valence-corrected chi connectivity index (χ4v) is 2.80. The van der Waals surface area contributed by atoms with Crippen LogP contribution in [0.5, 0.6) is 0 Å². The first kappa shape index (κ1) is 8.42. The molecule has 2 nitrogen and oxygen atoms in total. The molecule has 2 fully saturated rings. The van der Waals surface area contributed by atoms with Gasteiger partial charge in [0.05, 0.1) is 5.37 Å². The van der Waals surface area contributed by atoms with Crippen LogP contribution in [-0.4, -0.2) is 28.5 Å². The minimum absolute atomic E-state index is 0.381. The van der Waals surface area contributed by atoms with Gasteiger partial charge < -0.3 is 4.90 Å². The van der Waals surface area contributed by atoms with Crippen LogP contribution in [-0.2, 0) is 4.79 Å². The Hall–Kier alpha value is -0.180. The summed E-state index contributed by atoms with van der Waals surface area (Å²) in [5.74, 6) is 1.92.